The van der Waals surface area contributed by atoms with E-state index in [1.54, 1.807) is 36.3 Å². The summed E-state index contributed by atoms with van der Waals surface area (Å²) in [6, 6.07) is 12.9. The number of fused-ring (bicyclic) bond motifs is 1. The van der Waals surface area contributed by atoms with Crippen molar-refractivity contribution in [2.75, 3.05) is 5.32 Å². The molecule has 4 rings (SSSR count). The number of aryl methyl sites for hydroxylation is 2. The Labute approximate surface area is 171 Å². The second-order valence-electron chi connectivity index (χ2n) is 6.77. The molecule has 1 N–H and O–H groups in total. The fourth-order valence-corrected chi connectivity index (χ4v) is 3.34. The predicted molar refractivity (Wildman–Crippen MR) is 112 cm³/mol. The van der Waals surface area contributed by atoms with Crippen LogP contribution in [0.25, 0.3) is 10.9 Å². The van der Waals surface area contributed by atoms with Gasteiger partial charge in [-0.25, -0.2) is 0 Å². The van der Waals surface area contributed by atoms with Crippen LogP contribution in [0.5, 0.6) is 0 Å². The lowest BCUT2D eigenvalue weighted by atomic mass is 10.1. The van der Waals surface area contributed by atoms with Gasteiger partial charge in [-0.1, -0.05) is 35.9 Å². The Morgan fingerprint density at radius 3 is 2.79 bits per heavy atom. The molecular weight excluding hydrogens is 390 g/mol. The lowest BCUT2D eigenvalue weighted by Crippen LogP contribution is -2.26. The molecule has 0 atom stereocenters. The third-order valence-electron chi connectivity index (χ3n) is 4.72. The third kappa shape index (κ3) is 3.77. The van der Waals surface area contributed by atoms with E-state index in [0.29, 0.717) is 28.2 Å². The third-order valence-corrected chi connectivity index (χ3v) is 4.95. The zero-order valence-electron chi connectivity index (χ0n) is 15.9. The fourth-order valence-electron chi connectivity index (χ4n) is 3.16. The summed E-state index contributed by atoms with van der Waals surface area (Å²) in [6.45, 7) is 2.62. The summed E-state index contributed by atoms with van der Waals surface area (Å²) in [6.07, 6.45) is 3.26. The zero-order valence-corrected chi connectivity index (χ0v) is 16.6. The molecule has 0 bridgehead atoms. The van der Waals surface area contributed by atoms with E-state index in [9.17, 15) is 9.59 Å². The van der Waals surface area contributed by atoms with Gasteiger partial charge in [0.15, 0.2) is 5.69 Å². The van der Waals surface area contributed by atoms with E-state index in [2.05, 4.69) is 15.5 Å². The number of nitrogens with zero attached hydrogens (tertiary/aromatic N) is 4. The molecule has 0 fully saturated rings. The number of benzene rings is 2. The van der Waals surface area contributed by atoms with Gasteiger partial charge in [-0.2, -0.15) is 10.2 Å². The maximum absolute atomic E-state index is 12.7. The summed E-state index contributed by atoms with van der Waals surface area (Å²) in [5, 5.41) is 11.9. The number of hydrogen-bond acceptors (Lipinski definition) is 4. The van der Waals surface area contributed by atoms with Crippen molar-refractivity contribution in [1.29, 1.82) is 0 Å². The largest absolute Gasteiger partial charge is 0.318 e. The average Bonchev–Trinajstić information content (AvgIpc) is 3.13. The Morgan fingerprint density at radius 2 is 2.00 bits per heavy atom. The van der Waals surface area contributed by atoms with Crippen LogP contribution in [-0.2, 0) is 13.6 Å². The van der Waals surface area contributed by atoms with Crippen molar-refractivity contribution in [1.82, 2.24) is 19.6 Å². The maximum atomic E-state index is 12.7. The van der Waals surface area contributed by atoms with Gasteiger partial charge in [0.25, 0.3) is 5.91 Å². The lowest BCUT2D eigenvalue weighted by molar-refractivity contribution is 0.101. The Kier molecular flexibility index (Phi) is 4.90. The minimum Gasteiger partial charge on any atom is -0.318 e. The van der Waals surface area contributed by atoms with Crippen molar-refractivity contribution in [2.45, 2.75) is 13.5 Å². The van der Waals surface area contributed by atoms with E-state index in [1.165, 1.54) is 10.7 Å². The highest BCUT2D eigenvalue weighted by Gasteiger charge is 2.17. The molecule has 0 spiro atoms. The number of carbonyl (C=O) groups excluding carboxylic acids is 1. The molecule has 2 heterocycles. The number of nitrogens with one attached hydrogen (secondary N) is 1. The van der Waals surface area contributed by atoms with Crippen LogP contribution in [0.2, 0.25) is 5.02 Å². The molecule has 2 aromatic carbocycles. The maximum Gasteiger partial charge on any atom is 0.280 e. The van der Waals surface area contributed by atoms with Crippen molar-refractivity contribution >= 4 is 34.1 Å². The first-order valence-corrected chi connectivity index (χ1v) is 9.35. The van der Waals surface area contributed by atoms with Gasteiger partial charge in [-0.05, 0) is 36.2 Å². The van der Waals surface area contributed by atoms with E-state index in [1.807, 2.05) is 31.2 Å². The van der Waals surface area contributed by atoms with E-state index < -0.39 is 11.3 Å². The van der Waals surface area contributed by atoms with E-state index >= 15 is 0 Å². The van der Waals surface area contributed by atoms with Gasteiger partial charge in [-0.15, -0.1) is 0 Å². The first kappa shape index (κ1) is 18.9. The molecule has 29 heavy (non-hydrogen) atoms. The summed E-state index contributed by atoms with van der Waals surface area (Å²) in [5.74, 6) is -0.595. The monoisotopic (exact) mass is 407 g/mol. The molecule has 8 heteroatoms. The number of aromatic nitrogens is 4. The first-order valence-electron chi connectivity index (χ1n) is 8.97. The van der Waals surface area contributed by atoms with Gasteiger partial charge in [0, 0.05) is 18.3 Å². The Bertz CT molecular complexity index is 1290. The second kappa shape index (κ2) is 7.52. The average molecular weight is 408 g/mol. The zero-order chi connectivity index (χ0) is 20.5. The molecule has 0 aliphatic rings. The minimum absolute atomic E-state index is 0.200. The molecule has 1 amide bonds. The van der Waals surface area contributed by atoms with Gasteiger partial charge in [0.05, 0.1) is 29.3 Å². The SMILES string of the molecule is Cc1ccccc1Cn1cc(NC(=O)c2nn(C)c3ccc(Cl)cc3c2=O)cn1. The summed E-state index contributed by atoms with van der Waals surface area (Å²) >= 11 is 6.00. The van der Waals surface area contributed by atoms with E-state index in [-0.39, 0.29) is 5.69 Å². The van der Waals surface area contributed by atoms with Gasteiger partial charge in [0.2, 0.25) is 5.43 Å². The number of anilines is 1. The summed E-state index contributed by atoms with van der Waals surface area (Å²) in [5.41, 5.74) is 2.71. The molecule has 7 nitrogen and oxygen atoms in total. The molecule has 0 radical (unpaired) electrons. The quantitative estimate of drug-likeness (QED) is 0.562. The molecule has 0 saturated carbocycles. The van der Waals surface area contributed by atoms with Crippen LogP contribution in [0.1, 0.15) is 21.6 Å². The number of amides is 1. The molecule has 2 aromatic heterocycles. The van der Waals surface area contributed by atoms with Gasteiger partial charge < -0.3 is 5.32 Å². The summed E-state index contributed by atoms with van der Waals surface area (Å²) < 4.78 is 3.22. The van der Waals surface area contributed by atoms with Crippen LogP contribution >= 0.6 is 11.6 Å². The van der Waals surface area contributed by atoms with Crippen LogP contribution < -0.4 is 10.7 Å². The first-order chi connectivity index (χ1) is 13.9. The minimum atomic E-state index is -0.595. The van der Waals surface area contributed by atoms with E-state index in [0.717, 1.165) is 11.1 Å². The standard InChI is InChI=1S/C21H18ClN5O2/c1-13-5-3-4-6-14(13)11-27-12-16(10-23-27)24-21(29)19-20(28)17-9-15(22)7-8-18(17)26(2)25-19/h3-10,12H,11H2,1-2H3,(H,24,29). The molecule has 0 aliphatic heterocycles. The Morgan fingerprint density at radius 1 is 1.21 bits per heavy atom. The highest BCUT2D eigenvalue weighted by Crippen LogP contribution is 2.16. The smallest absolute Gasteiger partial charge is 0.280 e. The van der Waals surface area contributed by atoms with Gasteiger partial charge in [0.1, 0.15) is 0 Å². The normalized spacial score (nSPS) is 11.0. The number of rotatable bonds is 4. The molecule has 0 saturated heterocycles. The van der Waals surface area contributed by atoms with Crippen molar-refractivity contribution in [3.63, 3.8) is 0 Å². The summed E-state index contributed by atoms with van der Waals surface area (Å²) in [4.78, 5) is 25.4. The number of hydrogen-bond donors (Lipinski definition) is 1. The molecule has 0 unspecified atom stereocenters. The van der Waals surface area contributed by atoms with Crippen molar-refractivity contribution in [3.8, 4) is 0 Å². The van der Waals surface area contributed by atoms with Gasteiger partial charge >= 0.3 is 0 Å². The summed E-state index contributed by atoms with van der Waals surface area (Å²) in [7, 11) is 1.67. The highest BCUT2D eigenvalue weighted by molar-refractivity contribution is 6.31. The Balaban J connectivity index is 1.59. The van der Waals surface area contributed by atoms with E-state index in [4.69, 9.17) is 11.6 Å². The van der Waals surface area contributed by atoms with Crippen molar-refractivity contribution in [2.24, 2.45) is 7.05 Å². The lowest BCUT2D eigenvalue weighted by Gasteiger charge is -2.08. The fraction of sp³-hybridized carbons (Fsp3) is 0.143. The van der Waals surface area contributed by atoms with Crippen LogP contribution in [0, 0.1) is 6.92 Å². The highest BCUT2D eigenvalue weighted by atomic mass is 35.5. The molecular formula is C21H18ClN5O2. The van der Waals surface area contributed by atoms with Crippen molar-refractivity contribution in [3.05, 3.63) is 86.9 Å². The van der Waals surface area contributed by atoms with Crippen molar-refractivity contribution < 1.29 is 4.79 Å². The molecule has 4 aromatic rings. The topological polar surface area (TPSA) is 81.8 Å². The van der Waals surface area contributed by atoms with Gasteiger partial charge in [-0.3, -0.25) is 19.0 Å². The Hall–Kier alpha value is -3.45. The van der Waals surface area contributed by atoms with Crippen LogP contribution in [0.15, 0.2) is 59.7 Å². The number of carbonyl (C=O) groups is 1. The van der Waals surface area contributed by atoms with Crippen LogP contribution in [0.3, 0.4) is 0 Å². The predicted octanol–water partition coefficient (Wildman–Crippen LogP) is 3.39. The van der Waals surface area contributed by atoms with Crippen LogP contribution in [-0.4, -0.2) is 25.5 Å². The number of halogens is 1. The van der Waals surface area contributed by atoms with Crippen LogP contribution in [0.4, 0.5) is 5.69 Å². The molecule has 0 aliphatic carbocycles. The molecule has 146 valence electrons. The second-order valence-corrected chi connectivity index (χ2v) is 7.21.